The molecule has 2 amide bonds. The highest BCUT2D eigenvalue weighted by Gasteiger charge is 2.22. The molecular formula is C25H31N3O7. The van der Waals surface area contributed by atoms with Gasteiger partial charge in [-0.15, -0.1) is 0 Å². The SMILES string of the molecule is O=C(CNC(CCCCNC(=O)OCc1ccccc1)C(=O)O)NC(Cc1ccccc1)C(=O)O. The molecule has 10 nitrogen and oxygen atoms in total. The minimum absolute atomic E-state index is 0.116. The van der Waals surface area contributed by atoms with Gasteiger partial charge in [0.1, 0.15) is 18.7 Å². The maximum Gasteiger partial charge on any atom is 0.407 e. The lowest BCUT2D eigenvalue weighted by Gasteiger charge is -2.17. The van der Waals surface area contributed by atoms with Crippen LogP contribution in [0.3, 0.4) is 0 Å². The molecule has 0 saturated carbocycles. The number of nitrogens with one attached hydrogen (secondary N) is 3. The van der Waals surface area contributed by atoms with Crippen LogP contribution in [0.25, 0.3) is 0 Å². The second-order valence-corrected chi connectivity index (χ2v) is 7.90. The number of carbonyl (C=O) groups is 4. The van der Waals surface area contributed by atoms with Gasteiger partial charge in [0.25, 0.3) is 0 Å². The molecule has 35 heavy (non-hydrogen) atoms. The fraction of sp³-hybridized carbons (Fsp3) is 0.360. The topological polar surface area (TPSA) is 154 Å². The lowest BCUT2D eigenvalue weighted by atomic mass is 10.1. The maximum atomic E-state index is 12.2. The molecule has 0 aliphatic carbocycles. The molecule has 2 aromatic rings. The van der Waals surface area contributed by atoms with Crippen molar-refractivity contribution < 1.29 is 34.1 Å². The van der Waals surface area contributed by atoms with E-state index in [1.807, 2.05) is 36.4 Å². The first-order valence-electron chi connectivity index (χ1n) is 11.3. The number of hydrogen-bond donors (Lipinski definition) is 5. The van der Waals surface area contributed by atoms with E-state index in [1.165, 1.54) is 0 Å². The van der Waals surface area contributed by atoms with Gasteiger partial charge >= 0.3 is 18.0 Å². The third-order valence-electron chi connectivity index (χ3n) is 5.12. The number of amides is 2. The Hall–Kier alpha value is -3.92. The Morgan fingerprint density at radius 1 is 0.800 bits per heavy atom. The first-order chi connectivity index (χ1) is 16.8. The highest BCUT2D eigenvalue weighted by molar-refractivity contribution is 5.85. The van der Waals surface area contributed by atoms with E-state index >= 15 is 0 Å². The van der Waals surface area contributed by atoms with Gasteiger partial charge in [0.05, 0.1) is 6.54 Å². The number of ether oxygens (including phenoxy) is 1. The molecule has 0 heterocycles. The molecule has 2 unspecified atom stereocenters. The predicted molar refractivity (Wildman–Crippen MR) is 128 cm³/mol. The normalized spacial score (nSPS) is 12.2. The lowest BCUT2D eigenvalue weighted by Crippen LogP contribution is -2.48. The number of carbonyl (C=O) groups excluding carboxylic acids is 2. The second kappa shape index (κ2) is 15.1. The first kappa shape index (κ1) is 27.3. The molecule has 0 saturated heterocycles. The van der Waals surface area contributed by atoms with E-state index in [-0.39, 0.29) is 26.0 Å². The molecule has 0 radical (unpaired) electrons. The Kier molecular flexibility index (Phi) is 11.8. The van der Waals surface area contributed by atoms with Crippen LogP contribution in [0.2, 0.25) is 0 Å². The summed E-state index contributed by atoms with van der Waals surface area (Å²) < 4.78 is 5.10. The molecule has 2 aromatic carbocycles. The van der Waals surface area contributed by atoms with Crippen molar-refractivity contribution in [1.29, 1.82) is 0 Å². The minimum Gasteiger partial charge on any atom is -0.480 e. The molecule has 188 valence electrons. The molecule has 10 heteroatoms. The highest BCUT2D eigenvalue weighted by atomic mass is 16.5. The predicted octanol–water partition coefficient (Wildman–Crippen LogP) is 1.94. The number of aliphatic carboxylic acids is 2. The quantitative estimate of drug-likeness (QED) is 0.240. The van der Waals surface area contributed by atoms with Crippen molar-refractivity contribution in [3.63, 3.8) is 0 Å². The van der Waals surface area contributed by atoms with Crippen LogP contribution in [-0.4, -0.2) is 59.3 Å². The van der Waals surface area contributed by atoms with Gasteiger partial charge < -0.3 is 25.6 Å². The summed E-state index contributed by atoms with van der Waals surface area (Å²) in [5, 5.41) is 26.4. The van der Waals surface area contributed by atoms with Gasteiger partial charge in [-0.2, -0.15) is 0 Å². The monoisotopic (exact) mass is 485 g/mol. The summed E-state index contributed by atoms with van der Waals surface area (Å²) in [7, 11) is 0. The van der Waals surface area contributed by atoms with E-state index in [4.69, 9.17) is 4.74 Å². The minimum atomic E-state index is -1.17. The van der Waals surface area contributed by atoms with Crippen molar-refractivity contribution >= 4 is 23.9 Å². The fourth-order valence-corrected chi connectivity index (χ4v) is 3.26. The standard InChI is InChI=1S/C25H31N3O7/c29-22(28-21(24(32)33)15-18-9-3-1-4-10-18)16-27-20(23(30)31)13-7-8-14-26-25(34)35-17-19-11-5-2-6-12-19/h1-6,9-12,20-21,27H,7-8,13-17H2,(H,26,34)(H,28,29)(H,30,31)(H,32,33). The molecule has 0 fully saturated rings. The Morgan fingerprint density at radius 2 is 1.40 bits per heavy atom. The van der Waals surface area contributed by atoms with Crippen LogP contribution in [0.4, 0.5) is 4.79 Å². The van der Waals surface area contributed by atoms with Crippen LogP contribution in [0.15, 0.2) is 60.7 Å². The van der Waals surface area contributed by atoms with Crippen LogP contribution in [0.1, 0.15) is 30.4 Å². The molecule has 0 aliphatic heterocycles. The zero-order valence-electron chi connectivity index (χ0n) is 19.3. The average molecular weight is 486 g/mol. The molecule has 0 aromatic heterocycles. The Morgan fingerprint density at radius 3 is 2.00 bits per heavy atom. The van der Waals surface area contributed by atoms with Crippen LogP contribution >= 0.6 is 0 Å². The van der Waals surface area contributed by atoms with Crippen molar-refractivity contribution in [1.82, 2.24) is 16.0 Å². The zero-order valence-corrected chi connectivity index (χ0v) is 19.3. The van der Waals surface area contributed by atoms with Gasteiger partial charge in [0, 0.05) is 13.0 Å². The maximum absolute atomic E-state index is 12.2. The van der Waals surface area contributed by atoms with Gasteiger partial charge in [-0.05, 0) is 30.4 Å². The number of benzene rings is 2. The van der Waals surface area contributed by atoms with E-state index in [9.17, 15) is 29.4 Å². The van der Waals surface area contributed by atoms with Gasteiger partial charge in [-0.1, -0.05) is 60.7 Å². The van der Waals surface area contributed by atoms with E-state index < -0.39 is 36.0 Å². The molecule has 2 rings (SSSR count). The molecule has 0 bridgehead atoms. The summed E-state index contributed by atoms with van der Waals surface area (Å²) in [6, 6.07) is 16.0. The summed E-state index contributed by atoms with van der Waals surface area (Å²) in [4.78, 5) is 46.9. The third-order valence-corrected chi connectivity index (χ3v) is 5.12. The average Bonchev–Trinajstić information content (AvgIpc) is 2.85. The van der Waals surface area contributed by atoms with Crippen LogP contribution < -0.4 is 16.0 Å². The van der Waals surface area contributed by atoms with Gasteiger partial charge in [-0.25, -0.2) is 9.59 Å². The summed E-state index contributed by atoms with van der Waals surface area (Å²) in [6.07, 6.45) is 0.801. The Labute approximate surface area is 203 Å². The number of unbranched alkanes of at least 4 members (excludes halogenated alkanes) is 1. The van der Waals surface area contributed by atoms with Crippen molar-refractivity contribution in [2.45, 2.75) is 44.4 Å². The van der Waals surface area contributed by atoms with E-state index in [0.717, 1.165) is 11.1 Å². The van der Waals surface area contributed by atoms with E-state index in [1.54, 1.807) is 24.3 Å². The molecule has 5 N–H and O–H groups in total. The van der Waals surface area contributed by atoms with Crippen LogP contribution in [0, 0.1) is 0 Å². The molecular weight excluding hydrogens is 454 g/mol. The Balaban J connectivity index is 1.65. The van der Waals surface area contributed by atoms with Gasteiger partial charge in [0.15, 0.2) is 0 Å². The summed E-state index contributed by atoms with van der Waals surface area (Å²) in [5.41, 5.74) is 1.63. The zero-order chi connectivity index (χ0) is 25.5. The third kappa shape index (κ3) is 11.2. The van der Waals surface area contributed by atoms with Crippen molar-refractivity contribution in [2.75, 3.05) is 13.1 Å². The van der Waals surface area contributed by atoms with E-state index in [2.05, 4.69) is 16.0 Å². The summed E-state index contributed by atoms with van der Waals surface area (Å²) in [5.74, 6) is -2.90. The van der Waals surface area contributed by atoms with E-state index in [0.29, 0.717) is 19.4 Å². The molecule has 0 aliphatic rings. The molecule has 2 atom stereocenters. The van der Waals surface area contributed by atoms with Crippen LogP contribution in [-0.2, 0) is 32.1 Å². The number of alkyl carbamates (subject to hydrolysis) is 1. The lowest BCUT2D eigenvalue weighted by molar-refractivity contribution is -0.142. The van der Waals surface area contributed by atoms with Crippen LogP contribution in [0.5, 0.6) is 0 Å². The smallest absolute Gasteiger partial charge is 0.407 e. The largest absolute Gasteiger partial charge is 0.480 e. The number of hydrogen-bond acceptors (Lipinski definition) is 6. The second-order valence-electron chi connectivity index (χ2n) is 7.90. The number of carboxylic acid groups (broad SMARTS) is 2. The summed E-state index contributed by atoms with van der Waals surface area (Å²) in [6.45, 7) is 0.146. The van der Waals surface area contributed by atoms with Crippen molar-refractivity contribution in [3.8, 4) is 0 Å². The fourth-order valence-electron chi connectivity index (χ4n) is 3.26. The van der Waals surface area contributed by atoms with Gasteiger partial charge in [0.2, 0.25) is 5.91 Å². The first-order valence-corrected chi connectivity index (χ1v) is 11.3. The van der Waals surface area contributed by atoms with Gasteiger partial charge in [-0.3, -0.25) is 14.9 Å². The highest BCUT2D eigenvalue weighted by Crippen LogP contribution is 2.05. The number of rotatable bonds is 15. The Bertz CT molecular complexity index is 954. The van der Waals surface area contributed by atoms with Crippen molar-refractivity contribution in [3.05, 3.63) is 71.8 Å². The molecule has 0 spiro atoms. The van der Waals surface area contributed by atoms with Crippen molar-refractivity contribution in [2.24, 2.45) is 0 Å². The summed E-state index contributed by atoms with van der Waals surface area (Å²) >= 11 is 0. The number of carboxylic acids is 2.